The van der Waals surface area contributed by atoms with Gasteiger partial charge in [0.1, 0.15) is 0 Å². The third kappa shape index (κ3) is 1.23. The fourth-order valence-electron chi connectivity index (χ4n) is 1.10. The fourth-order valence-corrected chi connectivity index (χ4v) is 1.33. The molecule has 12 heavy (non-hydrogen) atoms. The minimum absolute atomic E-state index is 0.876. The zero-order valence-electron chi connectivity index (χ0n) is 6.36. The molecule has 2 aromatic rings. The van der Waals surface area contributed by atoms with Gasteiger partial charge in [-0.25, -0.2) is 0 Å². The summed E-state index contributed by atoms with van der Waals surface area (Å²) in [4.78, 5) is 0.876. The van der Waals surface area contributed by atoms with Gasteiger partial charge in [0, 0.05) is 10.5 Å². The van der Waals surface area contributed by atoms with Gasteiger partial charge in [-0.05, 0) is 0 Å². The van der Waals surface area contributed by atoms with Gasteiger partial charge in [-0.3, -0.25) is 5.10 Å². The van der Waals surface area contributed by atoms with Gasteiger partial charge in [-0.2, -0.15) is 5.10 Å². The quantitative estimate of drug-likeness (QED) is 0.642. The number of benzene rings is 1. The molecule has 0 unspecified atom stereocenters. The van der Waals surface area contributed by atoms with Crippen LogP contribution in [-0.4, -0.2) is 10.2 Å². The average molecular weight is 176 g/mol. The van der Waals surface area contributed by atoms with E-state index in [0.29, 0.717) is 0 Å². The lowest BCUT2D eigenvalue weighted by atomic mass is 10.2. The number of rotatable bonds is 1. The minimum atomic E-state index is 0.876. The molecular weight excluding hydrogens is 168 g/mol. The van der Waals surface area contributed by atoms with Crippen molar-refractivity contribution in [3.05, 3.63) is 36.5 Å². The van der Waals surface area contributed by atoms with E-state index in [1.165, 1.54) is 0 Å². The monoisotopic (exact) mass is 176 g/mol. The molecule has 0 bridgehead atoms. The Labute approximate surface area is 76.0 Å². The number of nitrogens with one attached hydrogen (secondary N) is 1. The molecule has 0 atom stereocenters. The number of thiol groups is 1. The van der Waals surface area contributed by atoms with Crippen molar-refractivity contribution in [1.29, 1.82) is 0 Å². The molecule has 2 nitrogen and oxygen atoms in total. The van der Waals surface area contributed by atoms with Crippen LogP contribution in [0.2, 0.25) is 0 Å². The molecule has 1 heterocycles. The summed E-state index contributed by atoms with van der Waals surface area (Å²) in [5.41, 5.74) is 2.08. The Kier molecular flexibility index (Phi) is 1.87. The lowest BCUT2D eigenvalue weighted by Gasteiger charge is -1.96. The molecule has 0 aliphatic carbocycles. The van der Waals surface area contributed by atoms with E-state index in [9.17, 15) is 0 Å². The average Bonchev–Trinajstić information content (AvgIpc) is 2.53. The van der Waals surface area contributed by atoms with Crippen molar-refractivity contribution in [3.8, 4) is 11.3 Å². The van der Waals surface area contributed by atoms with Gasteiger partial charge in [0.15, 0.2) is 0 Å². The molecule has 0 fully saturated rings. The molecule has 1 aromatic heterocycles. The smallest absolute Gasteiger partial charge is 0.0783 e. The topological polar surface area (TPSA) is 28.7 Å². The van der Waals surface area contributed by atoms with Gasteiger partial charge < -0.3 is 0 Å². The van der Waals surface area contributed by atoms with Gasteiger partial charge in [0.05, 0.1) is 11.9 Å². The van der Waals surface area contributed by atoms with E-state index in [0.717, 1.165) is 16.2 Å². The molecule has 0 amide bonds. The number of aromatic amines is 1. The summed E-state index contributed by atoms with van der Waals surface area (Å²) >= 11 is 4.27. The van der Waals surface area contributed by atoms with Crippen molar-refractivity contribution < 1.29 is 0 Å². The number of nitrogens with zero attached hydrogens (tertiary/aromatic N) is 1. The number of hydrogen-bond donors (Lipinski definition) is 2. The van der Waals surface area contributed by atoms with E-state index in [-0.39, 0.29) is 0 Å². The van der Waals surface area contributed by atoms with E-state index < -0.39 is 0 Å². The van der Waals surface area contributed by atoms with E-state index >= 15 is 0 Å². The molecule has 0 aliphatic rings. The summed E-state index contributed by atoms with van der Waals surface area (Å²) in [6.07, 6.45) is 1.70. The second-order valence-electron chi connectivity index (χ2n) is 2.50. The zero-order chi connectivity index (χ0) is 8.39. The number of aromatic nitrogens is 2. The summed E-state index contributed by atoms with van der Waals surface area (Å²) in [6.45, 7) is 0. The van der Waals surface area contributed by atoms with Crippen LogP contribution < -0.4 is 0 Å². The lowest BCUT2D eigenvalue weighted by Crippen LogP contribution is -1.77. The first-order chi connectivity index (χ1) is 5.88. The van der Waals surface area contributed by atoms with Crippen LogP contribution in [-0.2, 0) is 0 Å². The van der Waals surface area contributed by atoms with Crippen LogP contribution in [0.4, 0.5) is 0 Å². The van der Waals surface area contributed by atoms with E-state index in [2.05, 4.69) is 22.8 Å². The Balaban J connectivity index is 2.51. The molecule has 1 aromatic carbocycles. The first-order valence-corrected chi connectivity index (χ1v) is 4.10. The Morgan fingerprint density at radius 1 is 1.17 bits per heavy atom. The van der Waals surface area contributed by atoms with Crippen LogP contribution in [0.5, 0.6) is 0 Å². The van der Waals surface area contributed by atoms with E-state index in [1.54, 1.807) is 6.20 Å². The molecule has 2 rings (SSSR count). The maximum atomic E-state index is 4.27. The standard InChI is InChI=1S/C9H8N2S/c12-8-6-10-11-9(8)7-4-2-1-3-5-7/h1-6,12H,(H,10,11). The summed E-state index contributed by atoms with van der Waals surface area (Å²) in [5, 5.41) is 6.79. The van der Waals surface area contributed by atoms with Crippen molar-refractivity contribution in [1.82, 2.24) is 10.2 Å². The summed E-state index contributed by atoms with van der Waals surface area (Å²) < 4.78 is 0. The predicted molar refractivity (Wildman–Crippen MR) is 51.3 cm³/mol. The van der Waals surface area contributed by atoms with Gasteiger partial charge in [0.2, 0.25) is 0 Å². The molecule has 0 saturated carbocycles. The van der Waals surface area contributed by atoms with Crippen LogP contribution in [0, 0.1) is 0 Å². The first-order valence-electron chi connectivity index (χ1n) is 3.65. The van der Waals surface area contributed by atoms with Crippen LogP contribution >= 0.6 is 12.6 Å². The molecule has 0 saturated heterocycles. The van der Waals surface area contributed by atoms with Crippen molar-refractivity contribution in [2.24, 2.45) is 0 Å². The van der Waals surface area contributed by atoms with Gasteiger partial charge >= 0.3 is 0 Å². The highest BCUT2D eigenvalue weighted by Crippen LogP contribution is 2.22. The second-order valence-corrected chi connectivity index (χ2v) is 2.98. The van der Waals surface area contributed by atoms with Gasteiger partial charge in [-0.1, -0.05) is 30.3 Å². The van der Waals surface area contributed by atoms with Crippen molar-refractivity contribution in [2.75, 3.05) is 0 Å². The third-order valence-electron chi connectivity index (χ3n) is 1.68. The number of H-pyrrole nitrogens is 1. The van der Waals surface area contributed by atoms with Gasteiger partial charge in [0.25, 0.3) is 0 Å². The highest BCUT2D eigenvalue weighted by Gasteiger charge is 2.01. The molecule has 0 radical (unpaired) electrons. The summed E-state index contributed by atoms with van der Waals surface area (Å²) in [5.74, 6) is 0. The molecule has 3 heteroatoms. The van der Waals surface area contributed by atoms with E-state index in [1.807, 2.05) is 30.3 Å². The molecule has 1 N–H and O–H groups in total. The van der Waals surface area contributed by atoms with Crippen molar-refractivity contribution >= 4 is 12.6 Å². The second kappa shape index (κ2) is 3.03. The van der Waals surface area contributed by atoms with E-state index in [4.69, 9.17) is 0 Å². The fraction of sp³-hybridized carbons (Fsp3) is 0. The molecule has 0 aliphatic heterocycles. The normalized spacial score (nSPS) is 10.1. The third-order valence-corrected chi connectivity index (χ3v) is 2.02. The Morgan fingerprint density at radius 3 is 2.50 bits per heavy atom. The van der Waals surface area contributed by atoms with Crippen LogP contribution in [0.25, 0.3) is 11.3 Å². The number of hydrogen-bond acceptors (Lipinski definition) is 2. The van der Waals surface area contributed by atoms with Crippen molar-refractivity contribution in [2.45, 2.75) is 4.90 Å². The maximum absolute atomic E-state index is 4.27. The summed E-state index contributed by atoms with van der Waals surface area (Å²) in [6, 6.07) is 10.0. The van der Waals surface area contributed by atoms with Crippen LogP contribution in [0.1, 0.15) is 0 Å². The summed E-state index contributed by atoms with van der Waals surface area (Å²) in [7, 11) is 0. The molecule has 0 spiro atoms. The maximum Gasteiger partial charge on any atom is 0.0783 e. The Bertz CT molecular complexity index is 367. The largest absolute Gasteiger partial charge is 0.277 e. The minimum Gasteiger partial charge on any atom is -0.277 e. The van der Waals surface area contributed by atoms with Gasteiger partial charge in [-0.15, -0.1) is 12.6 Å². The molecule has 60 valence electrons. The SMILES string of the molecule is Sc1cn[nH]c1-c1ccccc1. The first kappa shape index (κ1) is 7.43. The predicted octanol–water partition coefficient (Wildman–Crippen LogP) is 2.37. The highest BCUT2D eigenvalue weighted by atomic mass is 32.1. The van der Waals surface area contributed by atoms with Crippen LogP contribution in [0.3, 0.4) is 0 Å². The van der Waals surface area contributed by atoms with Crippen molar-refractivity contribution in [3.63, 3.8) is 0 Å². The Hall–Kier alpha value is -1.22. The Morgan fingerprint density at radius 2 is 1.92 bits per heavy atom. The molecular formula is C9H8N2S. The van der Waals surface area contributed by atoms with Crippen LogP contribution in [0.15, 0.2) is 41.4 Å². The highest BCUT2D eigenvalue weighted by molar-refractivity contribution is 7.80. The zero-order valence-corrected chi connectivity index (χ0v) is 7.25. The lowest BCUT2D eigenvalue weighted by molar-refractivity contribution is 1.10.